The van der Waals surface area contributed by atoms with Crippen LogP contribution in [0.4, 0.5) is 5.69 Å². The van der Waals surface area contributed by atoms with Crippen LogP contribution in [-0.2, 0) is 0 Å². The maximum Gasteiger partial charge on any atom is 0.288 e. The van der Waals surface area contributed by atoms with E-state index in [-0.39, 0.29) is 5.76 Å². The first-order valence-corrected chi connectivity index (χ1v) is 9.22. The van der Waals surface area contributed by atoms with Gasteiger partial charge < -0.3 is 10.4 Å². The number of anilines is 1. The van der Waals surface area contributed by atoms with Gasteiger partial charge in [0.1, 0.15) is 0 Å². The van der Waals surface area contributed by atoms with Gasteiger partial charge in [0, 0.05) is 23.4 Å². The molecule has 3 aromatic rings. The average Bonchev–Trinajstić information content (AvgIpc) is 2.67. The van der Waals surface area contributed by atoms with E-state index in [2.05, 4.69) is 12.2 Å². The quantitative estimate of drug-likeness (QED) is 0.284. The molecule has 0 unspecified atom stereocenters. The highest BCUT2D eigenvalue weighted by atomic mass is 32.1. The van der Waals surface area contributed by atoms with E-state index >= 15 is 0 Å². The van der Waals surface area contributed by atoms with E-state index in [0.29, 0.717) is 10.7 Å². The number of thiocarbonyl (C=S) groups is 1. The van der Waals surface area contributed by atoms with Crippen LogP contribution >= 0.6 is 12.2 Å². The topological polar surface area (TPSA) is 36.1 Å². The van der Waals surface area contributed by atoms with E-state index in [9.17, 15) is 5.11 Å². The molecule has 0 spiro atoms. The minimum Gasteiger partial charge on any atom is -0.502 e. The third-order valence-electron chi connectivity index (χ3n) is 4.50. The van der Waals surface area contributed by atoms with E-state index < -0.39 is 0 Å². The Hall–Kier alpha value is -2.98. The van der Waals surface area contributed by atoms with Gasteiger partial charge in [-0.25, -0.2) is 0 Å². The maximum absolute atomic E-state index is 11.1. The molecule has 0 radical (unpaired) electrons. The molecule has 27 heavy (non-hydrogen) atoms. The van der Waals surface area contributed by atoms with E-state index in [1.165, 1.54) is 11.1 Å². The summed E-state index contributed by atoms with van der Waals surface area (Å²) in [5.41, 5.74) is 5.63. The summed E-state index contributed by atoms with van der Waals surface area (Å²) in [6.07, 6.45) is 3.74. The smallest absolute Gasteiger partial charge is 0.288 e. The summed E-state index contributed by atoms with van der Waals surface area (Å²) in [5, 5.41) is 14.3. The van der Waals surface area contributed by atoms with Gasteiger partial charge in [-0.1, -0.05) is 48.1 Å². The molecular weight excluding hydrogens is 352 g/mol. The second-order valence-corrected chi connectivity index (χ2v) is 7.01. The van der Waals surface area contributed by atoms with E-state index in [1.54, 1.807) is 0 Å². The van der Waals surface area contributed by atoms with Crippen molar-refractivity contribution in [1.82, 2.24) is 0 Å². The van der Waals surface area contributed by atoms with Gasteiger partial charge in [0.15, 0.2) is 23.1 Å². The van der Waals surface area contributed by atoms with Crippen molar-refractivity contribution in [3.05, 3.63) is 95.3 Å². The molecule has 0 aliphatic carbocycles. The van der Waals surface area contributed by atoms with Gasteiger partial charge >= 0.3 is 0 Å². The van der Waals surface area contributed by atoms with Crippen molar-refractivity contribution in [2.75, 3.05) is 5.32 Å². The van der Waals surface area contributed by atoms with Gasteiger partial charge in [0.25, 0.3) is 5.70 Å². The molecule has 4 heteroatoms. The zero-order valence-corrected chi connectivity index (χ0v) is 16.5. The monoisotopic (exact) mass is 375 g/mol. The lowest BCUT2D eigenvalue weighted by Crippen LogP contribution is -2.38. The van der Waals surface area contributed by atoms with Gasteiger partial charge in [-0.3, -0.25) is 0 Å². The van der Waals surface area contributed by atoms with Crippen molar-refractivity contribution in [3.8, 4) is 0 Å². The Bertz CT molecular complexity index is 993. The van der Waals surface area contributed by atoms with Crippen molar-refractivity contribution in [2.45, 2.75) is 20.8 Å². The van der Waals surface area contributed by atoms with Gasteiger partial charge in [-0.05, 0) is 50.1 Å². The fourth-order valence-electron chi connectivity index (χ4n) is 2.75. The number of aliphatic hydroxyl groups excluding tert-OH is 1. The predicted octanol–water partition coefficient (Wildman–Crippen LogP) is 5.22. The van der Waals surface area contributed by atoms with Crippen molar-refractivity contribution in [1.29, 1.82) is 0 Å². The molecule has 1 heterocycles. The van der Waals surface area contributed by atoms with Crippen molar-refractivity contribution in [3.63, 3.8) is 0 Å². The number of hydrogen-bond acceptors (Lipinski definition) is 2. The molecule has 3 rings (SSSR count). The number of benzene rings is 2. The number of pyridine rings is 1. The van der Waals surface area contributed by atoms with Crippen LogP contribution in [0.5, 0.6) is 0 Å². The molecule has 0 fully saturated rings. The molecule has 0 saturated carbocycles. The van der Waals surface area contributed by atoms with Crippen LogP contribution < -0.4 is 9.88 Å². The highest BCUT2D eigenvalue weighted by Crippen LogP contribution is 2.21. The Morgan fingerprint density at radius 2 is 1.56 bits per heavy atom. The zero-order chi connectivity index (χ0) is 19.4. The maximum atomic E-state index is 11.1. The summed E-state index contributed by atoms with van der Waals surface area (Å²) in [6, 6.07) is 19.6. The lowest BCUT2D eigenvalue weighted by molar-refractivity contribution is -0.575. The minimum absolute atomic E-state index is 0.138. The molecule has 0 amide bonds. The summed E-state index contributed by atoms with van der Waals surface area (Å²) in [6.45, 7) is 6.12. The fraction of sp³-hybridized carbons (Fsp3) is 0.130. The standard InChI is InChI=1S/C23H22N2OS/c1-16-7-11-20(12-8-16)24-23(27)21(25-13-5-4-6-14-25)22(26)19-10-9-17(2)18(3)15-19/h4-15H,1-3H3,(H-,24,26,27)/p+1. The first-order valence-electron chi connectivity index (χ1n) is 8.81. The van der Waals surface area contributed by atoms with E-state index in [1.807, 2.05) is 91.5 Å². The Kier molecular flexibility index (Phi) is 5.67. The van der Waals surface area contributed by atoms with E-state index in [0.717, 1.165) is 16.8 Å². The second-order valence-electron chi connectivity index (χ2n) is 6.60. The predicted molar refractivity (Wildman–Crippen MR) is 116 cm³/mol. The van der Waals surface area contributed by atoms with Crippen molar-refractivity contribution in [2.24, 2.45) is 0 Å². The molecule has 0 saturated heterocycles. The summed E-state index contributed by atoms with van der Waals surface area (Å²) in [5.74, 6) is 0.138. The SMILES string of the molecule is Cc1ccc(NC(=S)/C(=C(/O)c2ccc(C)c(C)c2)[n+]2ccccc2)cc1. The number of rotatable bonds is 4. The molecule has 2 aromatic carbocycles. The van der Waals surface area contributed by atoms with Crippen molar-refractivity contribution >= 4 is 34.3 Å². The molecule has 3 nitrogen and oxygen atoms in total. The number of nitrogens with zero attached hydrogens (tertiary/aromatic N) is 1. The summed E-state index contributed by atoms with van der Waals surface area (Å²) >= 11 is 5.66. The van der Waals surface area contributed by atoms with Crippen LogP contribution in [0.1, 0.15) is 22.3 Å². The molecule has 0 aliphatic heterocycles. The zero-order valence-electron chi connectivity index (χ0n) is 15.7. The molecule has 136 valence electrons. The Morgan fingerprint density at radius 3 is 2.19 bits per heavy atom. The van der Waals surface area contributed by atoms with Gasteiger partial charge in [-0.2, -0.15) is 4.57 Å². The lowest BCUT2D eigenvalue weighted by Gasteiger charge is -2.11. The van der Waals surface area contributed by atoms with Crippen LogP contribution in [0.15, 0.2) is 73.1 Å². The van der Waals surface area contributed by atoms with Crippen LogP contribution in [0, 0.1) is 20.8 Å². The number of aromatic nitrogens is 1. The normalized spacial score (nSPS) is 11.7. The third kappa shape index (κ3) is 4.41. The molecule has 2 N–H and O–H groups in total. The van der Waals surface area contributed by atoms with Gasteiger partial charge in [0.05, 0.1) is 0 Å². The first-order chi connectivity index (χ1) is 13.0. The van der Waals surface area contributed by atoms with E-state index in [4.69, 9.17) is 12.2 Å². The number of aliphatic hydroxyl groups is 1. The van der Waals surface area contributed by atoms with Gasteiger partial charge in [0.2, 0.25) is 0 Å². The largest absolute Gasteiger partial charge is 0.502 e. The lowest BCUT2D eigenvalue weighted by atomic mass is 10.0. The molecule has 0 atom stereocenters. The first kappa shape index (κ1) is 18.8. The van der Waals surface area contributed by atoms with Crippen LogP contribution in [0.2, 0.25) is 0 Å². The highest BCUT2D eigenvalue weighted by Gasteiger charge is 2.23. The average molecular weight is 376 g/mol. The summed E-state index contributed by atoms with van der Waals surface area (Å²) in [4.78, 5) is 0.450. The van der Waals surface area contributed by atoms with Crippen LogP contribution in [0.3, 0.4) is 0 Å². The fourth-order valence-corrected chi connectivity index (χ4v) is 3.07. The van der Waals surface area contributed by atoms with Gasteiger partial charge in [-0.15, -0.1) is 0 Å². The summed E-state index contributed by atoms with van der Waals surface area (Å²) < 4.78 is 1.83. The number of aryl methyl sites for hydroxylation is 3. The van der Waals surface area contributed by atoms with Crippen LogP contribution in [0.25, 0.3) is 11.5 Å². The minimum atomic E-state index is 0.138. The summed E-state index contributed by atoms with van der Waals surface area (Å²) in [7, 11) is 0. The molecular formula is C23H23N2OS+. The number of nitrogens with one attached hydrogen (secondary N) is 1. The third-order valence-corrected chi connectivity index (χ3v) is 4.80. The Morgan fingerprint density at radius 1 is 0.889 bits per heavy atom. The molecule has 1 aromatic heterocycles. The van der Waals surface area contributed by atoms with Crippen molar-refractivity contribution < 1.29 is 9.67 Å². The highest BCUT2D eigenvalue weighted by molar-refractivity contribution is 7.81. The molecule has 0 aliphatic rings. The Balaban J connectivity index is 2.06. The second kappa shape index (κ2) is 8.14. The number of hydrogen-bond donors (Lipinski definition) is 2. The van der Waals surface area contributed by atoms with Crippen LogP contribution in [-0.4, -0.2) is 10.1 Å². The molecule has 0 bridgehead atoms. The Labute approximate surface area is 165 Å².